The smallest absolute Gasteiger partial charge is 0.0594 e. The van der Waals surface area contributed by atoms with Crippen LogP contribution in [0.2, 0.25) is 0 Å². The van der Waals surface area contributed by atoms with Gasteiger partial charge in [0.2, 0.25) is 0 Å². The molecule has 1 aliphatic heterocycles. The van der Waals surface area contributed by atoms with Gasteiger partial charge in [0, 0.05) is 24.7 Å². The Kier molecular flexibility index (Phi) is 4.60. The summed E-state index contributed by atoms with van der Waals surface area (Å²) >= 11 is 0. The van der Waals surface area contributed by atoms with Gasteiger partial charge >= 0.3 is 0 Å². The zero-order valence-electron chi connectivity index (χ0n) is 10.9. The minimum absolute atomic E-state index is 0.257. The Morgan fingerprint density at radius 1 is 1.29 bits per heavy atom. The molecular formula is C14H26N2O. The quantitative estimate of drug-likeness (QED) is 0.744. The van der Waals surface area contributed by atoms with Crippen molar-refractivity contribution in [2.45, 2.75) is 50.1 Å². The van der Waals surface area contributed by atoms with Crippen molar-refractivity contribution in [2.75, 3.05) is 26.3 Å². The van der Waals surface area contributed by atoms with Crippen LogP contribution in [-0.4, -0.2) is 42.8 Å². The van der Waals surface area contributed by atoms with Crippen LogP contribution < -0.4 is 5.73 Å². The average molecular weight is 238 g/mol. The van der Waals surface area contributed by atoms with E-state index in [-0.39, 0.29) is 5.54 Å². The molecule has 3 nitrogen and oxygen atoms in total. The molecule has 1 unspecified atom stereocenters. The Labute approximate surface area is 105 Å². The van der Waals surface area contributed by atoms with E-state index in [1.165, 1.54) is 25.7 Å². The zero-order chi connectivity index (χ0) is 12.1. The minimum atomic E-state index is 0.257. The highest BCUT2D eigenvalue weighted by Crippen LogP contribution is 2.39. The van der Waals surface area contributed by atoms with Crippen molar-refractivity contribution in [2.24, 2.45) is 5.73 Å². The van der Waals surface area contributed by atoms with Gasteiger partial charge in [0.1, 0.15) is 0 Å². The third-order valence-electron chi connectivity index (χ3n) is 4.48. The predicted octanol–water partition coefficient (Wildman–Crippen LogP) is 1.92. The zero-order valence-corrected chi connectivity index (χ0v) is 10.9. The first kappa shape index (κ1) is 13.1. The first-order valence-corrected chi connectivity index (χ1v) is 6.99. The van der Waals surface area contributed by atoms with E-state index in [1.807, 2.05) is 6.08 Å². The number of allylic oxidation sites excluding steroid dienone is 1. The lowest BCUT2D eigenvalue weighted by molar-refractivity contribution is -0.0314. The molecule has 2 fully saturated rings. The van der Waals surface area contributed by atoms with Crippen LogP contribution in [0.1, 0.15) is 38.5 Å². The largest absolute Gasteiger partial charge is 0.379 e. The Hall–Kier alpha value is -0.380. The van der Waals surface area contributed by atoms with Crippen molar-refractivity contribution in [3.8, 4) is 0 Å². The van der Waals surface area contributed by atoms with E-state index in [0.29, 0.717) is 6.04 Å². The molecule has 1 saturated carbocycles. The molecule has 0 amide bonds. The lowest BCUT2D eigenvalue weighted by atomic mass is 9.83. The van der Waals surface area contributed by atoms with Crippen LogP contribution in [0.3, 0.4) is 0 Å². The summed E-state index contributed by atoms with van der Waals surface area (Å²) in [6.45, 7) is 7.66. The summed E-state index contributed by atoms with van der Waals surface area (Å²) in [6.07, 6.45) is 9.30. The minimum Gasteiger partial charge on any atom is -0.379 e. The second-order valence-electron chi connectivity index (χ2n) is 5.38. The topological polar surface area (TPSA) is 38.5 Å². The molecule has 2 N–H and O–H groups in total. The molecule has 2 aliphatic rings. The van der Waals surface area contributed by atoms with Gasteiger partial charge in [0.15, 0.2) is 0 Å². The van der Waals surface area contributed by atoms with Crippen molar-refractivity contribution in [1.29, 1.82) is 0 Å². The van der Waals surface area contributed by atoms with Crippen molar-refractivity contribution in [1.82, 2.24) is 4.90 Å². The van der Waals surface area contributed by atoms with E-state index in [0.717, 1.165) is 39.1 Å². The predicted molar refractivity (Wildman–Crippen MR) is 71.0 cm³/mol. The second-order valence-corrected chi connectivity index (χ2v) is 5.38. The highest BCUT2D eigenvalue weighted by molar-refractivity contribution is 5.03. The van der Waals surface area contributed by atoms with Crippen LogP contribution in [0, 0.1) is 0 Å². The summed E-state index contributed by atoms with van der Waals surface area (Å²) in [7, 11) is 0. The maximum absolute atomic E-state index is 6.50. The van der Waals surface area contributed by atoms with Gasteiger partial charge in [-0.25, -0.2) is 0 Å². The average Bonchev–Trinajstić information content (AvgIpc) is 2.87. The van der Waals surface area contributed by atoms with Crippen LogP contribution in [0.4, 0.5) is 0 Å². The van der Waals surface area contributed by atoms with E-state index in [2.05, 4.69) is 11.5 Å². The van der Waals surface area contributed by atoms with Crippen LogP contribution >= 0.6 is 0 Å². The lowest BCUT2D eigenvalue weighted by Gasteiger charge is -2.47. The summed E-state index contributed by atoms with van der Waals surface area (Å²) < 4.78 is 5.47. The maximum atomic E-state index is 6.50. The third kappa shape index (κ3) is 2.72. The SMILES string of the molecule is C=CCCC(N)C1(N2CCOCC2)CCCC1. The van der Waals surface area contributed by atoms with Gasteiger partial charge in [-0.1, -0.05) is 18.9 Å². The molecule has 2 rings (SSSR count). The van der Waals surface area contributed by atoms with Gasteiger partial charge in [0.05, 0.1) is 13.2 Å². The molecule has 0 aromatic carbocycles. The maximum Gasteiger partial charge on any atom is 0.0594 e. The number of hydrogen-bond acceptors (Lipinski definition) is 3. The van der Waals surface area contributed by atoms with Gasteiger partial charge in [-0.05, 0) is 25.7 Å². The molecule has 0 aromatic heterocycles. The summed E-state index contributed by atoms with van der Waals surface area (Å²) in [4.78, 5) is 2.61. The molecule has 1 saturated heterocycles. The fourth-order valence-corrected chi connectivity index (χ4v) is 3.48. The molecule has 17 heavy (non-hydrogen) atoms. The van der Waals surface area contributed by atoms with Crippen molar-refractivity contribution in [3.63, 3.8) is 0 Å². The Balaban J connectivity index is 2.04. The lowest BCUT2D eigenvalue weighted by Crippen LogP contribution is -2.61. The van der Waals surface area contributed by atoms with Crippen LogP contribution in [0.25, 0.3) is 0 Å². The monoisotopic (exact) mass is 238 g/mol. The first-order valence-electron chi connectivity index (χ1n) is 6.99. The van der Waals surface area contributed by atoms with Gasteiger partial charge in [0.25, 0.3) is 0 Å². The molecule has 0 spiro atoms. The Morgan fingerprint density at radius 3 is 2.53 bits per heavy atom. The van der Waals surface area contributed by atoms with E-state index >= 15 is 0 Å². The van der Waals surface area contributed by atoms with Crippen molar-refractivity contribution >= 4 is 0 Å². The molecule has 3 heteroatoms. The van der Waals surface area contributed by atoms with Gasteiger partial charge in [-0.2, -0.15) is 0 Å². The third-order valence-corrected chi connectivity index (χ3v) is 4.48. The molecular weight excluding hydrogens is 212 g/mol. The number of rotatable bonds is 5. The fourth-order valence-electron chi connectivity index (χ4n) is 3.48. The van der Waals surface area contributed by atoms with Gasteiger partial charge in [-0.3, -0.25) is 4.90 Å². The van der Waals surface area contributed by atoms with Crippen LogP contribution in [-0.2, 0) is 4.74 Å². The summed E-state index contributed by atoms with van der Waals surface area (Å²) in [5.41, 5.74) is 6.76. The molecule has 98 valence electrons. The van der Waals surface area contributed by atoms with Crippen molar-refractivity contribution < 1.29 is 4.74 Å². The molecule has 0 radical (unpaired) electrons. The number of ether oxygens (including phenoxy) is 1. The highest BCUT2D eigenvalue weighted by atomic mass is 16.5. The van der Waals surface area contributed by atoms with E-state index in [1.54, 1.807) is 0 Å². The molecule has 1 heterocycles. The molecule has 1 aliphatic carbocycles. The van der Waals surface area contributed by atoms with E-state index in [4.69, 9.17) is 10.5 Å². The summed E-state index contributed by atoms with van der Waals surface area (Å²) in [5.74, 6) is 0. The highest BCUT2D eigenvalue weighted by Gasteiger charge is 2.44. The normalized spacial score (nSPS) is 26.9. The molecule has 1 atom stereocenters. The fraction of sp³-hybridized carbons (Fsp3) is 0.857. The van der Waals surface area contributed by atoms with E-state index in [9.17, 15) is 0 Å². The molecule has 0 aromatic rings. The summed E-state index contributed by atoms with van der Waals surface area (Å²) in [5, 5.41) is 0. The van der Waals surface area contributed by atoms with Crippen LogP contribution in [0.5, 0.6) is 0 Å². The van der Waals surface area contributed by atoms with Crippen molar-refractivity contribution in [3.05, 3.63) is 12.7 Å². The number of morpholine rings is 1. The number of hydrogen-bond donors (Lipinski definition) is 1. The number of nitrogens with zero attached hydrogens (tertiary/aromatic N) is 1. The van der Waals surface area contributed by atoms with Gasteiger partial charge in [-0.15, -0.1) is 6.58 Å². The second kappa shape index (κ2) is 5.98. The first-order chi connectivity index (χ1) is 8.29. The standard InChI is InChI=1S/C14H26N2O/c1-2-3-6-13(15)14(7-4-5-8-14)16-9-11-17-12-10-16/h2,13H,1,3-12,15H2. The number of nitrogens with two attached hydrogens (primary N) is 1. The van der Waals surface area contributed by atoms with Gasteiger partial charge < -0.3 is 10.5 Å². The Bertz CT molecular complexity index is 243. The molecule has 0 bridgehead atoms. The van der Waals surface area contributed by atoms with Crippen LogP contribution in [0.15, 0.2) is 12.7 Å². The Morgan fingerprint density at radius 2 is 1.94 bits per heavy atom. The van der Waals surface area contributed by atoms with E-state index < -0.39 is 0 Å². The summed E-state index contributed by atoms with van der Waals surface area (Å²) in [6, 6.07) is 0.293.